The molecule has 0 radical (unpaired) electrons. The first kappa shape index (κ1) is 10.4. The van der Waals surface area contributed by atoms with E-state index in [9.17, 15) is 4.39 Å². The van der Waals surface area contributed by atoms with Crippen molar-refractivity contribution in [2.45, 2.75) is 18.5 Å². The van der Waals surface area contributed by atoms with Crippen LogP contribution in [0.15, 0.2) is 24.4 Å². The van der Waals surface area contributed by atoms with Gasteiger partial charge in [-0.3, -0.25) is 0 Å². The van der Waals surface area contributed by atoms with E-state index in [-0.39, 0.29) is 6.61 Å². The molecular weight excluding hydrogens is 197 g/mol. The van der Waals surface area contributed by atoms with Crippen LogP contribution in [0.3, 0.4) is 0 Å². The van der Waals surface area contributed by atoms with Gasteiger partial charge in [-0.15, -0.1) is 0 Å². The van der Waals surface area contributed by atoms with E-state index in [4.69, 9.17) is 9.47 Å². The first-order valence-corrected chi connectivity index (χ1v) is 5.09. The van der Waals surface area contributed by atoms with Crippen molar-refractivity contribution in [2.75, 3.05) is 19.8 Å². The largest absolute Gasteiger partial charge is 0.474 e. The van der Waals surface area contributed by atoms with Crippen LogP contribution in [0.25, 0.3) is 0 Å². The van der Waals surface area contributed by atoms with Crippen molar-refractivity contribution in [3.8, 4) is 5.88 Å². The molecule has 2 heterocycles. The molecule has 1 fully saturated rings. The maximum absolute atomic E-state index is 14.0. The summed E-state index contributed by atoms with van der Waals surface area (Å²) < 4.78 is 24.4. The number of nitrogens with zero attached hydrogens (tertiary/aromatic N) is 1. The average Bonchev–Trinajstić information content (AvgIpc) is 2.29. The Bertz CT molecular complexity index is 299. The molecule has 0 N–H and O–H groups in total. The van der Waals surface area contributed by atoms with Crippen LogP contribution >= 0.6 is 0 Å². The second kappa shape index (κ2) is 4.57. The summed E-state index contributed by atoms with van der Waals surface area (Å²) in [6, 6.07) is 5.34. The fourth-order valence-corrected chi connectivity index (χ4v) is 1.52. The average molecular weight is 211 g/mol. The van der Waals surface area contributed by atoms with Gasteiger partial charge in [0.25, 0.3) is 0 Å². The van der Waals surface area contributed by atoms with E-state index >= 15 is 0 Å². The lowest BCUT2D eigenvalue weighted by Gasteiger charge is -2.28. The van der Waals surface area contributed by atoms with Crippen LogP contribution in [-0.4, -0.2) is 30.5 Å². The zero-order chi connectivity index (χ0) is 10.6. The molecule has 1 saturated heterocycles. The molecule has 0 bridgehead atoms. The number of pyridine rings is 1. The van der Waals surface area contributed by atoms with Crippen molar-refractivity contribution in [3.63, 3.8) is 0 Å². The Morgan fingerprint density at radius 2 is 2.20 bits per heavy atom. The van der Waals surface area contributed by atoms with Crippen LogP contribution in [-0.2, 0) is 4.74 Å². The van der Waals surface area contributed by atoms with Gasteiger partial charge in [0, 0.05) is 38.3 Å². The van der Waals surface area contributed by atoms with Gasteiger partial charge in [0.05, 0.1) is 0 Å². The van der Waals surface area contributed by atoms with Gasteiger partial charge in [-0.1, -0.05) is 6.07 Å². The molecule has 0 aromatic carbocycles. The fourth-order valence-electron chi connectivity index (χ4n) is 1.52. The molecule has 3 nitrogen and oxygen atoms in total. The van der Waals surface area contributed by atoms with E-state index in [1.807, 2.05) is 6.07 Å². The maximum Gasteiger partial charge on any atom is 0.213 e. The van der Waals surface area contributed by atoms with E-state index in [2.05, 4.69) is 4.98 Å². The van der Waals surface area contributed by atoms with Crippen LogP contribution in [0.1, 0.15) is 12.8 Å². The molecule has 0 aliphatic carbocycles. The minimum atomic E-state index is -1.25. The normalized spacial score (nSPS) is 19.8. The van der Waals surface area contributed by atoms with Crippen LogP contribution in [0.2, 0.25) is 0 Å². The van der Waals surface area contributed by atoms with Gasteiger partial charge < -0.3 is 9.47 Å². The second-order valence-corrected chi connectivity index (χ2v) is 3.72. The molecule has 15 heavy (non-hydrogen) atoms. The third kappa shape index (κ3) is 2.89. The topological polar surface area (TPSA) is 31.4 Å². The molecule has 0 atom stereocenters. The van der Waals surface area contributed by atoms with Crippen LogP contribution in [0, 0.1) is 0 Å². The minimum Gasteiger partial charge on any atom is -0.474 e. The Kier molecular flexibility index (Phi) is 3.16. The summed E-state index contributed by atoms with van der Waals surface area (Å²) in [6.07, 6.45) is 2.43. The van der Waals surface area contributed by atoms with Crippen molar-refractivity contribution in [1.82, 2.24) is 4.98 Å². The Balaban J connectivity index is 1.87. The third-order valence-electron chi connectivity index (χ3n) is 2.51. The number of hydrogen-bond donors (Lipinski definition) is 0. The molecule has 4 heteroatoms. The monoisotopic (exact) mass is 211 g/mol. The van der Waals surface area contributed by atoms with Crippen molar-refractivity contribution >= 4 is 0 Å². The second-order valence-electron chi connectivity index (χ2n) is 3.72. The highest BCUT2D eigenvalue weighted by molar-refractivity contribution is 5.09. The summed E-state index contributed by atoms with van der Waals surface area (Å²) in [5.74, 6) is 0.473. The smallest absolute Gasteiger partial charge is 0.213 e. The predicted molar refractivity (Wildman–Crippen MR) is 53.6 cm³/mol. The van der Waals surface area contributed by atoms with E-state index in [0.717, 1.165) is 0 Å². The van der Waals surface area contributed by atoms with Crippen LogP contribution in [0.4, 0.5) is 4.39 Å². The van der Waals surface area contributed by atoms with Crippen molar-refractivity contribution in [1.29, 1.82) is 0 Å². The number of ether oxygens (including phenoxy) is 2. The molecule has 1 aliphatic rings. The van der Waals surface area contributed by atoms with E-state index < -0.39 is 5.67 Å². The highest BCUT2D eigenvalue weighted by atomic mass is 19.1. The standard InChI is InChI=1S/C11H14FNO2/c12-11(4-7-14-8-5-11)9-15-10-3-1-2-6-13-10/h1-3,6H,4-5,7-9H2. The number of aromatic nitrogens is 1. The van der Waals surface area contributed by atoms with Gasteiger partial charge in [0.15, 0.2) is 0 Å². The summed E-state index contributed by atoms with van der Waals surface area (Å²) in [7, 11) is 0. The SMILES string of the molecule is FC1(COc2ccccn2)CCOCC1. The van der Waals surface area contributed by atoms with Gasteiger partial charge in [-0.2, -0.15) is 0 Å². The van der Waals surface area contributed by atoms with Crippen molar-refractivity contribution < 1.29 is 13.9 Å². The van der Waals surface area contributed by atoms with E-state index in [1.165, 1.54) is 0 Å². The molecule has 1 aromatic heterocycles. The summed E-state index contributed by atoms with van der Waals surface area (Å²) in [4.78, 5) is 3.97. The first-order valence-electron chi connectivity index (χ1n) is 5.09. The van der Waals surface area contributed by atoms with Crippen molar-refractivity contribution in [3.05, 3.63) is 24.4 Å². The lowest BCUT2D eigenvalue weighted by Crippen LogP contribution is -2.37. The maximum atomic E-state index is 14.0. The molecule has 82 valence electrons. The molecule has 1 aromatic rings. The Morgan fingerprint density at radius 1 is 1.40 bits per heavy atom. The summed E-state index contributed by atoms with van der Waals surface area (Å²) >= 11 is 0. The van der Waals surface area contributed by atoms with E-state index in [1.54, 1.807) is 18.3 Å². The van der Waals surface area contributed by atoms with Crippen LogP contribution in [0.5, 0.6) is 5.88 Å². The summed E-state index contributed by atoms with van der Waals surface area (Å²) in [5.41, 5.74) is -1.25. The van der Waals surface area contributed by atoms with Gasteiger partial charge in [0.1, 0.15) is 12.3 Å². The summed E-state index contributed by atoms with van der Waals surface area (Å²) in [5, 5.41) is 0. The van der Waals surface area contributed by atoms with Gasteiger partial charge in [0.2, 0.25) is 5.88 Å². The van der Waals surface area contributed by atoms with Crippen molar-refractivity contribution in [2.24, 2.45) is 0 Å². The molecular formula is C11H14FNO2. The lowest BCUT2D eigenvalue weighted by molar-refractivity contribution is -0.0331. The molecule has 0 saturated carbocycles. The highest BCUT2D eigenvalue weighted by Crippen LogP contribution is 2.25. The van der Waals surface area contributed by atoms with Gasteiger partial charge in [-0.05, 0) is 6.07 Å². The van der Waals surface area contributed by atoms with E-state index in [0.29, 0.717) is 31.9 Å². The quantitative estimate of drug-likeness (QED) is 0.766. The highest BCUT2D eigenvalue weighted by Gasteiger charge is 2.33. The number of alkyl halides is 1. The lowest BCUT2D eigenvalue weighted by atomic mass is 9.98. The number of hydrogen-bond acceptors (Lipinski definition) is 3. The Morgan fingerprint density at radius 3 is 2.87 bits per heavy atom. The summed E-state index contributed by atoms with van der Waals surface area (Å²) in [6.45, 7) is 1.01. The van der Waals surface area contributed by atoms with Gasteiger partial charge in [-0.25, -0.2) is 9.37 Å². The van der Waals surface area contributed by atoms with Crippen LogP contribution < -0.4 is 4.74 Å². The molecule has 1 aliphatic heterocycles. The number of halogens is 1. The zero-order valence-electron chi connectivity index (χ0n) is 8.49. The predicted octanol–water partition coefficient (Wildman–Crippen LogP) is 1.98. The third-order valence-corrected chi connectivity index (χ3v) is 2.51. The molecule has 0 unspecified atom stereocenters. The van der Waals surface area contributed by atoms with Gasteiger partial charge >= 0.3 is 0 Å². The minimum absolute atomic E-state index is 0.0629. The Hall–Kier alpha value is -1.16. The fraction of sp³-hybridized carbons (Fsp3) is 0.545. The molecule has 0 spiro atoms. The first-order chi connectivity index (χ1) is 7.29. The Labute approximate surface area is 88.2 Å². The zero-order valence-corrected chi connectivity index (χ0v) is 8.49. The molecule has 2 rings (SSSR count). The number of rotatable bonds is 3. The molecule has 0 amide bonds.